The van der Waals surface area contributed by atoms with E-state index in [9.17, 15) is 4.79 Å². The van der Waals surface area contributed by atoms with Gasteiger partial charge in [-0.3, -0.25) is 10.1 Å². The number of carbonyl (C=O) groups excluding carboxylic acids is 1. The average Bonchev–Trinajstić information content (AvgIpc) is 3.45. The minimum Gasteiger partial charge on any atom is -0.459 e. The monoisotopic (exact) mass is 396 g/mol. The summed E-state index contributed by atoms with van der Waals surface area (Å²) in [6.45, 7) is 1.97. The summed E-state index contributed by atoms with van der Waals surface area (Å²) in [7, 11) is 0. The van der Waals surface area contributed by atoms with Crippen LogP contribution in [0.25, 0.3) is 33.8 Å². The van der Waals surface area contributed by atoms with E-state index in [-0.39, 0.29) is 17.8 Å². The number of amides is 1. The SMILES string of the molecule is Cc1ccc2nc(-c3ccccc3)cc(C(=O)Nc3nnc(-c4ccco4)o3)c2c1. The lowest BCUT2D eigenvalue weighted by atomic mass is 10.0. The Bertz CT molecular complexity index is 1340. The molecule has 0 spiro atoms. The Hall–Kier alpha value is -4.26. The first-order valence-electron chi connectivity index (χ1n) is 9.33. The molecule has 0 aliphatic rings. The fourth-order valence-corrected chi connectivity index (χ4v) is 3.22. The van der Waals surface area contributed by atoms with Crippen LogP contribution in [0.3, 0.4) is 0 Å². The smallest absolute Gasteiger partial charge is 0.322 e. The third-order valence-electron chi connectivity index (χ3n) is 4.66. The molecule has 0 saturated heterocycles. The molecule has 0 fully saturated rings. The molecular weight excluding hydrogens is 380 g/mol. The summed E-state index contributed by atoms with van der Waals surface area (Å²) in [6, 6.07) is 20.7. The summed E-state index contributed by atoms with van der Waals surface area (Å²) in [6.07, 6.45) is 1.51. The van der Waals surface area contributed by atoms with Gasteiger partial charge in [-0.1, -0.05) is 47.1 Å². The van der Waals surface area contributed by atoms with E-state index in [0.717, 1.165) is 22.0 Å². The molecule has 3 aromatic heterocycles. The summed E-state index contributed by atoms with van der Waals surface area (Å²) in [5.74, 6) is 0.259. The molecule has 0 radical (unpaired) electrons. The zero-order chi connectivity index (χ0) is 20.5. The van der Waals surface area contributed by atoms with Gasteiger partial charge in [0.05, 0.1) is 23.0 Å². The summed E-state index contributed by atoms with van der Waals surface area (Å²) >= 11 is 0. The molecule has 1 N–H and O–H groups in total. The van der Waals surface area contributed by atoms with Gasteiger partial charge in [0.15, 0.2) is 5.76 Å². The highest BCUT2D eigenvalue weighted by molar-refractivity contribution is 6.12. The van der Waals surface area contributed by atoms with Crippen LogP contribution >= 0.6 is 0 Å². The van der Waals surface area contributed by atoms with Gasteiger partial charge in [-0.2, -0.15) is 0 Å². The summed E-state index contributed by atoms with van der Waals surface area (Å²) in [4.78, 5) is 17.9. The van der Waals surface area contributed by atoms with Crippen molar-refractivity contribution in [2.45, 2.75) is 6.92 Å². The molecule has 2 aromatic carbocycles. The lowest BCUT2D eigenvalue weighted by Crippen LogP contribution is -2.13. The van der Waals surface area contributed by atoms with Gasteiger partial charge in [0, 0.05) is 10.9 Å². The number of aromatic nitrogens is 3. The van der Waals surface area contributed by atoms with Crippen molar-refractivity contribution in [1.29, 1.82) is 0 Å². The Morgan fingerprint density at radius 3 is 2.63 bits per heavy atom. The number of hydrogen-bond acceptors (Lipinski definition) is 6. The second-order valence-corrected chi connectivity index (χ2v) is 6.79. The van der Waals surface area contributed by atoms with Gasteiger partial charge in [-0.05, 0) is 37.3 Å². The van der Waals surface area contributed by atoms with Gasteiger partial charge in [0.1, 0.15) is 0 Å². The Balaban J connectivity index is 1.55. The Morgan fingerprint density at radius 1 is 0.967 bits per heavy atom. The molecule has 0 bridgehead atoms. The summed E-state index contributed by atoms with van der Waals surface area (Å²) in [5, 5.41) is 11.2. The summed E-state index contributed by atoms with van der Waals surface area (Å²) in [5.41, 5.74) is 3.86. The number of furan rings is 1. The molecule has 146 valence electrons. The first kappa shape index (κ1) is 17.8. The molecule has 0 atom stereocenters. The molecule has 0 saturated carbocycles. The topological polar surface area (TPSA) is 94.1 Å². The normalized spacial score (nSPS) is 11.0. The van der Waals surface area contributed by atoms with E-state index in [0.29, 0.717) is 17.0 Å². The van der Waals surface area contributed by atoms with Crippen LogP contribution < -0.4 is 5.32 Å². The number of nitrogens with one attached hydrogen (secondary N) is 1. The Morgan fingerprint density at radius 2 is 1.83 bits per heavy atom. The van der Waals surface area contributed by atoms with Crippen molar-refractivity contribution in [3.63, 3.8) is 0 Å². The standard InChI is InChI=1S/C23H16N4O3/c1-14-9-10-18-16(12-14)17(13-19(24-18)15-6-3-2-4-7-15)21(28)25-23-27-26-22(30-23)20-8-5-11-29-20/h2-13H,1H3,(H,25,27,28). The van der Waals surface area contributed by atoms with Crippen LogP contribution in [0.4, 0.5) is 6.01 Å². The molecule has 5 rings (SSSR count). The fraction of sp³-hybridized carbons (Fsp3) is 0.0435. The average molecular weight is 396 g/mol. The predicted molar refractivity (Wildman–Crippen MR) is 112 cm³/mol. The molecule has 7 heteroatoms. The van der Waals surface area contributed by atoms with E-state index in [1.165, 1.54) is 6.26 Å². The van der Waals surface area contributed by atoms with E-state index in [4.69, 9.17) is 13.8 Å². The maximum Gasteiger partial charge on any atom is 0.322 e. The highest BCUT2D eigenvalue weighted by atomic mass is 16.4. The number of anilines is 1. The second-order valence-electron chi connectivity index (χ2n) is 6.79. The van der Waals surface area contributed by atoms with Crippen molar-refractivity contribution >= 4 is 22.8 Å². The van der Waals surface area contributed by atoms with Crippen molar-refractivity contribution < 1.29 is 13.6 Å². The van der Waals surface area contributed by atoms with Gasteiger partial charge in [0.25, 0.3) is 11.8 Å². The molecule has 5 aromatic rings. The molecule has 0 aliphatic carbocycles. The van der Waals surface area contributed by atoms with E-state index in [1.807, 2.05) is 55.5 Å². The van der Waals surface area contributed by atoms with Crippen LogP contribution in [0.1, 0.15) is 15.9 Å². The van der Waals surface area contributed by atoms with Crippen LogP contribution in [-0.4, -0.2) is 21.1 Å². The molecule has 7 nitrogen and oxygen atoms in total. The van der Waals surface area contributed by atoms with Crippen LogP contribution in [0.15, 0.2) is 81.8 Å². The van der Waals surface area contributed by atoms with E-state index >= 15 is 0 Å². The number of hydrogen-bond donors (Lipinski definition) is 1. The minimum atomic E-state index is -0.361. The number of benzene rings is 2. The fourth-order valence-electron chi connectivity index (χ4n) is 3.22. The highest BCUT2D eigenvalue weighted by Gasteiger charge is 2.18. The van der Waals surface area contributed by atoms with Crippen molar-refractivity contribution in [3.8, 4) is 22.9 Å². The van der Waals surface area contributed by atoms with Crippen molar-refractivity contribution in [3.05, 3.63) is 84.1 Å². The first-order chi connectivity index (χ1) is 14.7. The maximum atomic E-state index is 13.1. The van der Waals surface area contributed by atoms with E-state index in [2.05, 4.69) is 15.5 Å². The van der Waals surface area contributed by atoms with Gasteiger partial charge < -0.3 is 8.83 Å². The Labute approximate surface area is 171 Å². The molecule has 0 unspecified atom stereocenters. The lowest BCUT2D eigenvalue weighted by Gasteiger charge is -2.10. The van der Waals surface area contributed by atoms with Gasteiger partial charge in [-0.15, -0.1) is 5.10 Å². The molecule has 30 heavy (non-hydrogen) atoms. The number of aryl methyl sites for hydroxylation is 1. The van der Waals surface area contributed by atoms with Gasteiger partial charge in [0.2, 0.25) is 0 Å². The third-order valence-corrected chi connectivity index (χ3v) is 4.66. The van der Waals surface area contributed by atoms with Crippen LogP contribution in [0.5, 0.6) is 0 Å². The largest absolute Gasteiger partial charge is 0.459 e. The first-order valence-corrected chi connectivity index (χ1v) is 9.33. The molecule has 3 heterocycles. The van der Waals surface area contributed by atoms with Gasteiger partial charge >= 0.3 is 6.01 Å². The zero-order valence-electron chi connectivity index (χ0n) is 16.0. The van der Waals surface area contributed by atoms with Crippen LogP contribution in [0, 0.1) is 6.92 Å². The number of nitrogens with zero attached hydrogens (tertiary/aromatic N) is 3. The predicted octanol–water partition coefficient (Wildman–Crippen LogP) is 5.11. The van der Waals surface area contributed by atoms with Gasteiger partial charge in [-0.25, -0.2) is 4.98 Å². The number of carbonyl (C=O) groups is 1. The lowest BCUT2D eigenvalue weighted by molar-refractivity contribution is 0.102. The van der Waals surface area contributed by atoms with Crippen LogP contribution in [0.2, 0.25) is 0 Å². The van der Waals surface area contributed by atoms with Crippen molar-refractivity contribution in [1.82, 2.24) is 15.2 Å². The molecule has 0 aliphatic heterocycles. The molecule has 1 amide bonds. The maximum absolute atomic E-state index is 13.1. The molecular formula is C23H16N4O3. The number of fused-ring (bicyclic) bond motifs is 1. The van der Waals surface area contributed by atoms with E-state index < -0.39 is 0 Å². The highest BCUT2D eigenvalue weighted by Crippen LogP contribution is 2.27. The van der Waals surface area contributed by atoms with Crippen LogP contribution in [-0.2, 0) is 0 Å². The quantitative estimate of drug-likeness (QED) is 0.454. The van der Waals surface area contributed by atoms with Crippen molar-refractivity contribution in [2.24, 2.45) is 0 Å². The summed E-state index contributed by atoms with van der Waals surface area (Å²) < 4.78 is 10.7. The second kappa shape index (κ2) is 7.29. The number of pyridine rings is 1. The van der Waals surface area contributed by atoms with Crippen molar-refractivity contribution in [2.75, 3.05) is 5.32 Å². The minimum absolute atomic E-state index is 0.00900. The Kier molecular flexibility index (Phi) is 4.33. The van der Waals surface area contributed by atoms with E-state index in [1.54, 1.807) is 18.2 Å². The number of rotatable bonds is 4. The zero-order valence-corrected chi connectivity index (χ0v) is 16.0. The third kappa shape index (κ3) is 3.33.